The van der Waals surface area contributed by atoms with Crippen molar-refractivity contribution in [2.24, 2.45) is 0 Å². The van der Waals surface area contributed by atoms with Crippen LogP contribution in [0, 0.1) is 6.92 Å². The Labute approximate surface area is 180 Å². The molecule has 1 spiro atoms. The van der Waals surface area contributed by atoms with Crippen LogP contribution in [0.4, 0.5) is 18.9 Å². The van der Waals surface area contributed by atoms with Gasteiger partial charge in [-0.1, -0.05) is 17.7 Å². The molecular formula is C23H16F3NO5. The molecule has 1 atom stereocenters. The van der Waals surface area contributed by atoms with Crippen molar-refractivity contribution in [2.45, 2.75) is 25.1 Å². The summed E-state index contributed by atoms with van der Waals surface area (Å²) in [5.74, 6) is 0.243. The van der Waals surface area contributed by atoms with Gasteiger partial charge in [-0.2, -0.15) is 13.2 Å². The summed E-state index contributed by atoms with van der Waals surface area (Å²) in [6.07, 6.45) is -4.59. The van der Waals surface area contributed by atoms with Crippen molar-refractivity contribution in [3.05, 3.63) is 70.7 Å². The van der Waals surface area contributed by atoms with Crippen LogP contribution >= 0.6 is 0 Å². The van der Waals surface area contributed by atoms with Gasteiger partial charge in [0.25, 0.3) is 0 Å². The molecule has 6 rings (SSSR count). The van der Waals surface area contributed by atoms with Gasteiger partial charge in [0.05, 0.1) is 6.54 Å². The van der Waals surface area contributed by atoms with E-state index < -0.39 is 17.4 Å². The van der Waals surface area contributed by atoms with Crippen LogP contribution < -0.4 is 19.1 Å². The third-order valence-corrected chi connectivity index (χ3v) is 6.15. The van der Waals surface area contributed by atoms with Gasteiger partial charge in [-0.05, 0) is 36.8 Å². The van der Waals surface area contributed by atoms with E-state index in [0.29, 0.717) is 28.5 Å². The van der Waals surface area contributed by atoms with Gasteiger partial charge < -0.3 is 23.5 Å². The number of hydrogen-bond acceptors (Lipinski definition) is 5. The first-order valence-electron chi connectivity index (χ1n) is 9.93. The predicted octanol–water partition coefficient (Wildman–Crippen LogP) is 4.56. The minimum absolute atomic E-state index is 0.0408. The summed E-state index contributed by atoms with van der Waals surface area (Å²) in [6, 6.07) is 11.2. The van der Waals surface area contributed by atoms with Gasteiger partial charge >= 0.3 is 6.18 Å². The van der Waals surface area contributed by atoms with Crippen LogP contribution in [0.1, 0.15) is 28.2 Å². The molecule has 0 saturated heterocycles. The van der Waals surface area contributed by atoms with E-state index in [0.717, 1.165) is 17.2 Å². The lowest BCUT2D eigenvalue weighted by atomic mass is 9.76. The first kappa shape index (κ1) is 19.1. The number of furan rings is 1. The Bertz CT molecular complexity index is 1280. The third-order valence-electron chi connectivity index (χ3n) is 6.15. The van der Waals surface area contributed by atoms with Crippen molar-refractivity contribution in [1.29, 1.82) is 0 Å². The quantitative estimate of drug-likeness (QED) is 0.581. The molecule has 32 heavy (non-hydrogen) atoms. The van der Waals surface area contributed by atoms with Gasteiger partial charge in [0.15, 0.2) is 11.5 Å². The fraction of sp³-hybridized carbons (Fsp3) is 0.261. The fourth-order valence-electron chi connectivity index (χ4n) is 4.65. The number of aryl methyl sites for hydroxylation is 1. The number of anilines is 1. The second-order valence-electron chi connectivity index (χ2n) is 8.07. The molecule has 0 radical (unpaired) electrons. The van der Waals surface area contributed by atoms with E-state index >= 15 is 0 Å². The Kier molecular flexibility index (Phi) is 3.71. The summed E-state index contributed by atoms with van der Waals surface area (Å²) in [7, 11) is 0. The van der Waals surface area contributed by atoms with Crippen molar-refractivity contribution in [3.8, 4) is 17.2 Å². The van der Waals surface area contributed by atoms with E-state index in [1.807, 2.05) is 19.1 Å². The SMILES string of the molecule is Cc1ccc2c(c1)C1(COc3cc4c(cc31)OCO4)C(=O)N2Cc1ccc(C(F)(F)F)o1. The second kappa shape index (κ2) is 6.21. The maximum Gasteiger partial charge on any atom is 0.449 e. The Morgan fingerprint density at radius 2 is 1.75 bits per heavy atom. The number of fused-ring (bicyclic) bond motifs is 5. The van der Waals surface area contributed by atoms with E-state index in [1.165, 1.54) is 11.0 Å². The first-order valence-corrected chi connectivity index (χ1v) is 9.93. The number of benzene rings is 2. The van der Waals surface area contributed by atoms with E-state index in [9.17, 15) is 18.0 Å². The van der Waals surface area contributed by atoms with Crippen LogP contribution in [-0.4, -0.2) is 19.3 Å². The van der Waals surface area contributed by atoms with E-state index in [4.69, 9.17) is 18.6 Å². The molecule has 1 unspecified atom stereocenters. The van der Waals surface area contributed by atoms with Gasteiger partial charge in [-0.25, -0.2) is 0 Å². The smallest absolute Gasteiger partial charge is 0.449 e. The van der Waals surface area contributed by atoms with Crippen LogP contribution in [0.25, 0.3) is 0 Å². The number of amides is 1. The fourth-order valence-corrected chi connectivity index (χ4v) is 4.65. The number of alkyl halides is 3. The normalized spacial score (nSPS) is 20.6. The number of rotatable bonds is 2. The summed E-state index contributed by atoms with van der Waals surface area (Å²) in [5.41, 5.74) is 1.82. The number of carbonyl (C=O) groups excluding carboxylic acids is 1. The monoisotopic (exact) mass is 443 g/mol. The third kappa shape index (κ3) is 2.50. The molecule has 3 aromatic rings. The van der Waals surface area contributed by atoms with Crippen LogP contribution in [0.5, 0.6) is 17.2 Å². The molecule has 2 aromatic carbocycles. The number of carbonyl (C=O) groups is 1. The van der Waals surface area contributed by atoms with Crippen LogP contribution in [0.15, 0.2) is 46.9 Å². The number of nitrogens with zero attached hydrogens (tertiary/aromatic N) is 1. The minimum Gasteiger partial charge on any atom is -0.491 e. The summed E-state index contributed by atoms with van der Waals surface area (Å²) in [6.45, 7) is 1.94. The Hall–Kier alpha value is -3.62. The van der Waals surface area contributed by atoms with Gasteiger partial charge in [0, 0.05) is 17.3 Å². The molecule has 0 aliphatic carbocycles. The van der Waals surface area contributed by atoms with Crippen LogP contribution in [0.2, 0.25) is 0 Å². The van der Waals surface area contributed by atoms with Gasteiger partial charge in [0.2, 0.25) is 18.5 Å². The molecule has 3 aliphatic heterocycles. The highest BCUT2D eigenvalue weighted by molar-refractivity contribution is 6.11. The lowest BCUT2D eigenvalue weighted by molar-refractivity contribution is -0.153. The molecule has 0 fully saturated rings. The molecular weight excluding hydrogens is 427 g/mol. The van der Waals surface area contributed by atoms with Crippen molar-refractivity contribution < 1.29 is 36.6 Å². The lowest BCUT2D eigenvalue weighted by Gasteiger charge is -2.22. The summed E-state index contributed by atoms with van der Waals surface area (Å²) in [4.78, 5) is 15.3. The maximum absolute atomic E-state index is 13.9. The Morgan fingerprint density at radius 1 is 0.969 bits per heavy atom. The molecule has 3 aliphatic rings. The highest BCUT2D eigenvalue weighted by atomic mass is 19.4. The van der Waals surface area contributed by atoms with Crippen LogP contribution in [-0.2, 0) is 22.9 Å². The first-order chi connectivity index (χ1) is 15.3. The molecule has 0 saturated carbocycles. The Morgan fingerprint density at radius 3 is 2.50 bits per heavy atom. The van der Waals surface area contributed by atoms with Crippen molar-refractivity contribution in [2.75, 3.05) is 18.3 Å². The van der Waals surface area contributed by atoms with Gasteiger partial charge in [-0.15, -0.1) is 0 Å². The highest BCUT2D eigenvalue weighted by Gasteiger charge is 2.57. The zero-order valence-corrected chi connectivity index (χ0v) is 16.8. The second-order valence-corrected chi connectivity index (χ2v) is 8.07. The Balaban J connectivity index is 1.47. The molecule has 164 valence electrons. The van der Waals surface area contributed by atoms with Gasteiger partial charge in [0.1, 0.15) is 23.5 Å². The van der Waals surface area contributed by atoms with E-state index in [1.54, 1.807) is 18.2 Å². The topological polar surface area (TPSA) is 61.1 Å². The number of hydrogen-bond donors (Lipinski definition) is 0. The van der Waals surface area contributed by atoms with Crippen LogP contribution in [0.3, 0.4) is 0 Å². The zero-order valence-electron chi connectivity index (χ0n) is 16.8. The molecule has 4 heterocycles. The van der Waals surface area contributed by atoms with Crippen molar-refractivity contribution >= 4 is 11.6 Å². The standard InChI is InChI=1S/C23H16F3NO5/c1-12-2-4-16-14(6-12)22(10-29-17-8-19-18(7-15(17)22)30-11-31-19)21(28)27(16)9-13-3-5-20(32-13)23(24,25)26/h2-8H,9-11H2,1H3. The average Bonchev–Trinajstić information content (AvgIpc) is 3.50. The van der Waals surface area contributed by atoms with E-state index in [-0.39, 0.29) is 31.6 Å². The van der Waals surface area contributed by atoms with Gasteiger partial charge in [-0.3, -0.25) is 4.79 Å². The summed E-state index contributed by atoms with van der Waals surface area (Å²) in [5, 5.41) is 0. The molecule has 9 heteroatoms. The van der Waals surface area contributed by atoms with E-state index in [2.05, 4.69) is 0 Å². The highest BCUT2D eigenvalue weighted by Crippen LogP contribution is 2.55. The van der Waals surface area contributed by atoms with Crippen molar-refractivity contribution in [1.82, 2.24) is 0 Å². The average molecular weight is 443 g/mol. The zero-order chi connectivity index (χ0) is 22.3. The van der Waals surface area contributed by atoms with Crippen molar-refractivity contribution in [3.63, 3.8) is 0 Å². The number of halogens is 3. The molecule has 6 nitrogen and oxygen atoms in total. The lowest BCUT2D eigenvalue weighted by Crippen LogP contribution is -2.42. The molecule has 0 bridgehead atoms. The predicted molar refractivity (Wildman–Crippen MR) is 105 cm³/mol. The largest absolute Gasteiger partial charge is 0.491 e. The minimum atomic E-state index is -4.59. The molecule has 1 amide bonds. The summed E-state index contributed by atoms with van der Waals surface area (Å²) < 4.78 is 60.8. The number of ether oxygens (including phenoxy) is 3. The summed E-state index contributed by atoms with van der Waals surface area (Å²) >= 11 is 0. The maximum atomic E-state index is 13.9. The molecule has 1 aromatic heterocycles. The molecule has 0 N–H and O–H groups in total.